The van der Waals surface area contributed by atoms with Gasteiger partial charge in [-0.2, -0.15) is 0 Å². The predicted octanol–water partition coefficient (Wildman–Crippen LogP) is 0.726. The fourth-order valence-corrected chi connectivity index (χ4v) is 3.39. The van der Waals surface area contributed by atoms with E-state index < -0.39 is 10.0 Å². The van der Waals surface area contributed by atoms with Crippen LogP contribution in [0.1, 0.15) is 26.0 Å². The van der Waals surface area contributed by atoms with E-state index in [1.54, 1.807) is 6.07 Å². The SMILES string of the molecule is CCN(CC)CCCNS(=O)(=O)c1cccnc1C(N)=S. The second kappa shape index (κ2) is 8.38. The number of aromatic nitrogens is 1. The van der Waals surface area contributed by atoms with Crippen molar-refractivity contribution in [2.75, 3.05) is 26.2 Å². The molecule has 1 aromatic rings. The molecule has 118 valence electrons. The first kappa shape index (κ1) is 18.0. The number of thiocarbonyl (C=S) groups is 1. The maximum atomic E-state index is 12.3. The Balaban J connectivity index is 2.68. The van der Waals surface area contributed by atoms with Crippen LogP contribution < -0.4 is 10.5 Å². The Morgan fingerprint density at radius 2 is 2.10 bits per heavy atom. The van der Waals surface area contributed by atoms with Crippen LogP contribution in [0.25, 0.3) is 0 Å². The number of sulfonamides is 1. The van der Waals surface area contributed by atoms with Crippen molar-refractivity contribution in [1.82, 2.24) is 14.6 Å². The third kappa shape index (κ3) is 5.31. The summed E-state index contributed by atoms with van der Waals surface area (Å²) in [6.45, 7) is 7.29. The first-order valence-electron chi connectivity index (χ1n) is 6.89. The van der Waals surface area contributed by atoms with Crippen molar-refractivity contribution >= 4 is 27.2 Å². The Bertz CT molecular complexity index is 571. The molecule has 0 aromatic carbocycles. The summed E-state index contributed by atoms with van der Waals surface area (Å²) in [6, 6.07) is 3.00. The molecule has 1 rings (SSSR count). The zero-order chi connectivity index (χ0) is 15.9. The lowest BCUT2D eigenvalue weighted by atomic mass is 10.3. The van der Waals surface area contributed by atoms with Crippen molar-refractivity contribution in [1.29, 1.82) is 0 Å². The van der Waals surface area contributed by atoms with E-state index in [4.69, 9.17) is 18.0 Å². The average Bonchev–Trinajstić information content (AvgIpc) is 2.47. The van der Waals surface area contributed by atoms with Crippen LogP contribution in [0.4, 0.5) is 0 Å². The molecule has 1 aromatic heterocycles. The molecule has 0 atom stereocenters. The van der Waals surface area contributed by atoms with Gasteiger partial charge in [0.2, 0.25) is 10.0 Å². The quantitative estimate of drug-likeness (QED) is 0.512. The predicted molar refractivity (Wildman–Crippen MR) is 87.7 cm³/mol. The Kier molecular flexibility index (Phi) is 7.16. The summed E-state index contributed by atoms with van der Waals surface area (Å²) in [7, 11) is -3.65. The normalized spacial score (nSPS) is 11.8. The van der Waals surface area contributed by atoms with Gasteiger partial charge >= 0.3 is 0 Å². The summed E-state index contributed by atoms with van der Waals surface area (Å²) >= 11 is 4.84. The largest absolute Gasteiger partial charge is 0.388 e. The van der Waals surface area contributed by atoms with Gasteiger partial charge in [0, 0.05) is 12.7 Å². The van der Waals surface area contributed by atoms with E-state index in [-0.39, 0.29) is 15.6 Å². The first-order chi connectivity index (χ1) is 9.92. The molecular formula is C13H22N4O2S2. The van der Waals surface area contributed by atoms with Crippen LogP contribution in [0.15, 0.2) is 23.2 Å². The van der Waals surface area contributed by atoms with Gasteiger partial charge in [0.1, 0.15) is 15.6 Å². The van der Waals surface area contributed by atoms with E-state index in [9.17, 15) is 8.42 Å². The van der Waals surface area contributed by atoms with Gasteiger partial charge in [-0.1, -0.05) is 26.1 Å². The molecule has 3 N–H and O–H groups in total. The summed E-state index contributed by atoms with van der Waals surface area (Å²) in [5, 5.41) is 0. The molecule has 6 nitrogen and oxygen atoms in total. The van der Waals surface area contributed by atoms with Crippen LogP contribution in [0.2, 0.25) is 0 Å². The third-order valence-electron chi connectivity index (χ3n) is 3.13. The Labute approximate surface area is 131 Å². The Morgan fingerprint density at radius 1 is 1.43 bits per heavy atom. The molecule has 0 fully saturated rings. The lowest BCUT2D eigenvalue weighted by Gasteiger charge is -2.17. The molecule has 0 saturated heterocycles. The number of pyridine rings is 1. The van der Waals surface area contributed by atoms with Crippen molar-refractivity contribution in [2.24, 2.45) is 5.73 Å². The molecule has 0 radical (unpaired) electrons. The van der Waals surface area contributed by atoms with Crippen molar-refractivity contribution in [3.63, 3.8) is 0 Å². The molecule has 0 aliphatic heterocycles. The van der Waals surface area contributed by atoms with Crippen LogP contribution in [-0.4, -0.2) is 49.5 Å². The maximum absolute atomic E-state index is 12.3. The smallest absolute Gasteiger partial charge is 0.242 e. The van der Waals surface area contributed by atoms with Gasteiger partial charge in [-0.25, -0.2) is 13.1 Å². The highest BCUT2D eigenvalue weighted by Crippen LogP contribution is 2.12. The van der Waals surface area contributed by atoms with E-state index in [0.29, 0.717) is 6.54 Å². The fraction of sp³-hybridized carbons (Fsp3) is 0.538. The number of nitrogens with zero attached hydrogens (tertiary/aromatic N) is 2. The van der Waals surface area contributed by atoms with E-state index in [1.165, 1.54) is 12.3 Å². The van der Waals surface area contributed by atoms with Gasteiger partial charge in [0.15, 0.2) is 0 Å². The molecule has 0 amide bonds. The van der Waals surface area contributed by atoms with Gasteiger partial charge in [0.05, 0.1) is 0 Å². The van der Waals surface area contributed by atoms with Crippen LogP contribution in [-0.2, 0) is 10.0 Å². The fourth-order valence-electron chi connectivity index (χ4n) is 1.92. The molecule has 0 unspecified atom stereocenters. The number of nitrogens with two attached hydrogens (primary N) is 1. The van der Waals surface area contributed by atoms with E-state index >= 15 is 0 Å². The van der Waals surface area contributed by atoms with Gasteiger partial charge in [-0.3, -0.25) is 4.98 Å². The minimum Gasteiger partial charge on any atom is -0.388 e. The van der Waals surface area contributed by atoms with Crippen molar-refractivity contribution in [2.45, 2.75) is 25.2 Å². The van der Waals surface area contributed by atoms with E-state index in [0.717, 1.165) is 26.1 Å². The van der Waals surface area contributed by atoms with Gasteiger partial charge in [0.25, 0.3) is 0 Å². The second-order valence-electron chi connectivity index (χ2n) is 4.49. The molecule has 0 bridgehead atoms. The molecule has 21 heavy (non-hydrogen) atoms. The maximum Gasteiger partial charge on any atom is 0.242 e. The molecular weight excluding hydrogens is 308 g/mol. The summed E-state index contributed by atoms with van der Waals surface area (Å²) in [5.74, 6) is 0. The van der Waals surface area contributed by atoms with Crippen LogP contribution >= 0.6 is 12.2 Å². The minimum atomic E-state index is -3.65. The number of hydrogen-bond donors (Lipinski definition) is 2. The summed E-state index contributed by atoms with van der Waals surface area (Å²) in [6.07, 6.45) is 2.21. The number of hydrogen-bond acceptors (Lipinski definition) is 5. The molecule has 0 saturated carbocycles. The van der Waals surface area contributed by atoms with Gasteiger partial charge in [-0.05, 0) is 38.2 Å². The van der Waals surface area contributed by atoms with Crippen molar-refractivity contribution < 1.29 is 8.42 Å². The average molecular weight is 330 g/mol. The highest BCUT2D eigenvalue weighted by molar-refractivity contribution is 7.89. The zero-order valence-electron chi connectivity index (χ0n) is 12.4. The summed E-state index contributed by atoms with van der Waals surface area (Å²) in [4.78, 5) is 6.17. The van der Waals surface area contributed by atoms with Crippen LogP contribution in [0.5, 0.6) is 0 Å². The van der Waals surface area contributed by atoms with E-state index in [2.05, 4.69) is 28.5 Å². The zero-order valence-corrected chi connectivity index (χ0v) is 14.0. The second-order valence-corrected chi connectivity index (χ2v) is 6.67. The highest BCUT2D eigenvalue weighted by Gasteiger charge is 2.20. The molecule has 1 heterocycles. The van der Waals surface area contributed by atoms with Crippen LogP contribution in [0, 0.1) is 0 Å². The number of nitrogens with one attached hydrogen (secondary N) is 1. The molecule has 0 aliphatic rings. The minimum absolute atomic E-state index is 0.0281. The topological polar surface area (TPSA) is 88.3 Å². The van der Waals surface area contributed by atoms with E-state index in [1.807, 2.05) is 0 Å². The monoisotopic (exact) mass is 330 g/mol. The van der Waals surface area contributed by atoms with Crippen LogP contribution in [0.3, 0.4) is 0 Å². The first-order valence-corrected chi connectivity index (χ1v) is 8.78. The lowest BCUT2D eigenvalue weighted by Crippen LogP contribution is -2.31. The highest BCUT2D eigenvalue weighted by atomic mass is 32.2. The van der Waals surface area contributed by atoms with Crippen molar-refractivity contribution in [3.05, 3.63) is 24.0 Å². The molecule has 8 heteroatoms. The molecule has 0 spiro atoms. The standard InChI is InChI=1S/C13H22N4O2S2/c1-3-17(4-2)10-6-9-16-21(18,19)11-7-5-8-15-12(11)13(14)20/h5,7-8,16H,3-4,6,9-10H2,1-2H3,(H2,14,20). The van der Waals surface area contributed by atoms with Crippen molar-refractivity contribution in [3.8, 4) is 0 Å². The number of rotatable bonds is 9. The molecule has 0 aliphatic carbocycles. The summed E-state index contributed by atoms with van der Waals surface area (Å²) < 4.78 is 27.1. The van der Waals surface area contributed by atoms with Gasteiger partial charge in [-0.15, -0.1) is 0 Å². The Morgan fingerprint density at radius 3 is 2.67 bits per heavy atom. The Hall–Kier alpha value is -1.09. The van der Waals surface area contributed by atoms with Gasteiger partial charge < -0.3 is 10.6 Å². The lowest BCUT2D eigenvalue weighted by molar-refractivity contribution is 0.300. The summed E-state index contributed by atoms with van der Waals surface area (Å²) in [5.41, 5.74) is 5.64. The third-order valence-corrected chi connectivity index (χ3v) is 4.82.